The molecule has 2 fully saturated rings. The van der Waals surface area contributed by atoms with Crippen molar-refractivity contribution in [3.05, 3.63) is 48.0 Å². The molecule has 8 nitrogen and oxygen atoms in total. The zero-order chi connectivity index (χ0) is 27.8. The number of methoxy groups -OCH3 is 1. The zero-order valence-electron chi connectivity index (χ0n) is 23.3. The Morgan fingerprint density at radius 1 is 1.10 bits per heavy atom. The number of ketones is 1. The predicted octanol–water partition coefficient (Wildman–Crippen LogP) is 3.55. The Bertz CT molecular complexity index is 1060. The highest BCUT2D eigenvalue weighted by Gasteiger charge is 2.60. The number of rotatable bonds is 7. The van der Waals surface area contributed by atoms with Gasteiger partial charge in [0.05, 0.1) is 17.6 Å². The fraction of sp³-hybridized carbons (Fsp3) is 0.613. The fourth-order valence-electron chi connectivity index (χ4n) is 5.98. The van der Waals surface area contributed by atoms with E-state index in [1.807, 2.05) is 37.3 Å². The summed E-state index contributed by atoms with van der Waals surface area (Å²) in [6.45, 7) is 3.01. The van der Waals surface area contributed by atoms with E-state index in [2.05, 4.69) is 22.8 Å². The minimum Gasteiger partial charge on any atom is -0.380 e. The third-order valence-electron chi connectivity index (χ3n) is 8.59. The molecule has 1 saturated carbocycles. The molecule has 4 rings (SSSR count). The number of Topliss-reactive ketones (excluding diaryl/α,β-unsaturated/α-hetero) is 1. The predicted molar refractivity (Wildman–Crippen MR) is 148 cm³/mol. The van der Waals surface area contributed by atoms with Gasteiger partial charge in [0.25, 0.3) is 0 Å². The van der Waals surface area contributed by atoms with Crippen LogP contribution in [0.1, 0.15) is 70.3 Å². The molecule has 2 N–H and O–H groups in total. The van der Waals surface area contributed by atoms with Gasteiger partial charge in [0.2, 0.25) is 17.7 Å². The van der Waals surface area contributed by atoms with Crippen molar-refractivity contribution in [3.63, 3.8) is 0 Å². The SMILES string of the molecule is CO[C@@H]1C[C@H]2C(=O)C[C@]3(C(=O)NCCC(=O)NCc4ccccc4)C[C@@H]3/C=C\CCCCC[C@H](C)C(=O)N2C1. The third kappa shape index (κ3) is 7.35. The maximum absolute atomic E-state index is 13.7. The van der Waals surface area contributed by atoms with E-state index in [4.69, 9.17) is 4.74 Å². The first-order valence-electron chi connectivity index (χ1n) is 14.5. The normalized spacial score (nSPS) is 30.4. The number of allylic oxidation sites excluding steroid dienone is 2. The number of ether oxygens (including phenoxy) is 1. The molecule has 3 amide bonds. The summed E-state index contributed by atoms with van der Waals surface area (Å²) in [5.74, 6) is -0.540. The summed E-state index contributed by atoms with van der Waals surface area (Å²) in [6.07, 6.45) is 10.2. The molecule has 3 aliphatic rings. The number of nitrogens with zero attached hydrogens (tertiary/aromatic N) is 1. The van der Waals surface area contributed by atoms with Gasteiger partial charge in [-0.3, -0.25) is 19.2 Å². The van der Waals surface area contributed by atoms with Crippen LogP contribution in [0.15, 0.2) is 42.5 Å². The molecule has 0 spiro atoms. The van der Waals surface area contributed by atoms with Gasteiger partial charge in [0.15, 0.2) is 5.78 Å². The highest BCUT2D eigenvalue weighted by atomic mass is 16.5. The monoisotopic (exact) mass is 537 g/mol. The van der Waals surface area contributed by atoms with Gasteiger partial charge < -0.3 is 20.3 Å². The summed E-state index contributed by atoms with van der Waals surface area (Å²) < 4.78 is 5.54. The molecular formula is C31H43N3O5. The Balaban J connectivity index is 1.40. The lowest BCUT2D eigenvalue weighted by Crippen LogP contribution is -2.45. The Hall–Kier alpha value is -3.00. The summed E-state index contributed by atoms with van der Waals surface area (Å²) in [6, 6.07) is 9.11. The molecule has 0 bridgehead atoms. The number of fused-ring (bicyclic) bond motifs is 2. The molecular weight excluding hydrogens is 494 g/mol. The van der Waals surface area contributed by atoms with Crippen molar-refractivity contribution in [2.45, 2.75) is 83.4 Å². The maximum atomic E-state index is 13.7. The minimum absolute atomic E-state index is 0.00765. The van der Waals surface area contributed by atoms with Crippen molar-refractivity contribution in [2.24, 2.45) is 17.3 Å². The quantitative estimate of drug-likeness (QED) is 0.518. The Labute approximate surface area is 231 Å². The van der Waals surface area contributed by atoms with E-state index in [1.54, 1.807) is 12.0 Å². The van der Waals surface area contributed by atoms with Crippen LogP contribution in [0.25, 0.3) is 0 Å². The van der Waals surface area contributed by atoms with Crippen LogP contribution in [0.5, 0.6) is 0 Å². The number of hydrogen-bond donors (Lipinski definition) is 2. The van der Waals surface area contributed by atoms with Crippen LogP contribution >= 0.6 is 0 Å². The van der Waals surface area contributed by atoms with Gasteiger partial charge in [-0.05, 0) is 37.2 Å². The Morgan fingerprint density at radius 3 is 2.67 bits per heavy atom. The Morgan fingerprint density at radius 2 is 1.90 bits per heavy atom. The first kappa shape index (κ1) is 29.0. The summed E-state index contributed by atoms with van der Waals surface area (Å²) in [4.78, 5) is 54.5. The highest BCUT2D eigenvalue weighted by molar-refractivity contribution is 5.96. The van der Waals surface area contributed by atoms with E-state index in [-0.39, 0.29) is 60.8 Å². The first-order valence-corrected chi connectivity index (χ1v) is 14.5. The van der Waals surface area contributed by atoms with Gasteiger partial charge in [0.1, 0.15) is 0 Å². The van der Waals surface area contributed by atoms with Crippen LogP contribution in [-0.4, -0.2) is 60.7 Å². The van der Waals surface area contributed by atoms with Gasteiger partial charge in [0, 0.05) is 51.9 Å². The number of carbonyl (C=O) groups is 4. The van der Waals surface area contributed by atoms with E-state index >= 15 is 0 Å². The van der Waals surface area contributed by atoms with Gasteiger partial charge in [-0.25, -0.2) is 0 Å². The summed E-state index contributed by atoms with van der Waals surface area (Å²) in [5, 5.41) is 5.81. The van der Waals surface area contributed by atoms with Crippen LogP contribution in [0.3, 0.4) is 0 Å². The van der Waals surface area contributed by atoms with Crippen molar-refractivity contribution in [1.29, 1.82) is 0 Å². The summed E-state index contributed by atoms with van der Waals surface area (Å²) in [5.41, 5.74) is 0.194. The van der Waals surface area contributed by atoms with E-state index in [0.717, 1.165) is 37.7 Å². The standard InChI is InChI=1S/C31H43N3O5/c1-22-11-7-4-3-5-10-14-24-18-31(24,19-27(35)26-17-25(39-2)21-34(26)29(22)37)30(38)32-16-15-28(36)33-20-23-12-8-6-9-13-23/h6,8-10,12-14,22,24-26H,3-5,7,11,15-21H2,1-2H3,(H,32,38)(H,33,36)/b14-10-/t22-,24-,25+,26-,31+/m0/s1. The average molecular weight is 538 g/mol. The average Bonchev–Trinajstić information content (AvgIpc) is 3.45. The van der Waals surface area contributed by atoms with Crippen molar-refractivity contribution in [3.8, 4) is 0 Å². The number of nitrogens with one attached hydrogen (secondary N) is 2. The first-order chi connectivity index (χ1) is 18.8. The second kappa shape index (κ2) is 13.4. The molecule has 1 aliphatic carbocycles. The van der Waals surface area contributed by atoms with Gasteiger partial charge in [-0.1, -0.05) is 62.2 Å². The molecule has 0 unspecified atom stereocenters. The lowest BCUT2D eigenvalue weighted by molar-refractivity contribution is -0.142. The summed E-state index contributed by atoms with van der Waals surface area (Å²) >= 11 is 0. The summed E-state index contributed by atoms with van der Waals surface area (Å²) in [7, 11) is 1.61. The molecule has 1 aromatic rings. The zero-order valence-corrected chi connectivity index (χ0v) is 23.3. The third-order valence-corrected chi connectivity index (χ3v) is 8.59. The van der Waals surface area contributed by atoms with Crippen LogP contribution in [0.2, 0.25) is 0 Å². The van der Waals surface area contributed by atoms with E-state index < -0.39 is 11.5 Å². The second-order valence-corrected chi connectivity index (χ2v) is 11.4. The number of amides is 3. The van der Waals surface area contributed by atoms with Crippen LogP contribution in [-0.2, 0) is 30.5 Å². The van der Waals surface area contributed by atoms with Crippen molar-refractivity contribution >= 4 is 23.5 Å². The molecule has 2 heterocycles. The maximum Gasteiger partial charge on any atom is 0.227 e. The number of carbonyl (C=O) groups excluding carboxylic acids is 4. The van der Waals surface area contributed by atoms with Gasteiger partial charge >= 0.3 is 0 Å². The topological polar surface area (TPSA) is 105 Å². The fourth-order valence-corrected chi connectivity index (χ4v) is 5.98. The number of hydrogen-bond acceptors (Lipinski definition) is 5. The van der Waals surface area contributed by atoms with Crippen LogP contribution in [0.4, 0.5) is 0 Å². The molecule has 8 heteroatoms. The second-order valence-electron chi connectivity index (χ2n) is 11.4. The molecule has 2 aliphatic heterocycles. The smallest absolute Gasteiger partial charge is 0.227 e. The van der Waals surface area contributed by atoms with Crippen molar-refractivity contribution < 1.29 is 23.9 Å². The lowest BCUT2D eigenvalue weighted by Gasteiger charge is -2.28. The van der Waals surface area contributed by atoms with Crippen molar-refractivity contribution in [2.75, 3.05) is 20.2 Å². The molecule has 0 aromatic heterocycles. The highest BCUT2D eigenvalue weighted by Crippen LogP contribution is 2.57. The Kier molecular flexibility index (Phi) is 9.94. The number of benzene rings is 1. The molecule has 39 heavy (non-hydrogen) atoms. The van der Waals surface area contributed by atoms with Crippen LogP contribution < -0.4 is 10.6 Å². The lowest BCUT2D eigenvalue weighted by atomic mass is 9.90. The molecule has 5 atom stereocenters. The molecule has 1 aromatic carbocycles. The van der Waals surface area contributed by atoms with Crippen LogP contribution in [0, 0.1) is 17.3 Å². The van der Waals surface area contributed by atoms with Gasteiger partial charge in [-0.2, -0.15) is 0 Å². The molecule has 0 radical (unpaired) electrons. The minimum atomic E-state index is -0.820. The molecule has 212 valence electrons. The molecule has 1 saturated heterocycles. The van der Waals surface area contributed by atoms with E-state index in [1.165, 1.54) is 0 Å². The van der Waals surface area contributed by atoms with Gasteiger partial charge in [-0.15, -0.1) is 0 Å². The van der Waals surface area contributed by atoms with E-state index in [0.29, 0.717) is 25.9 Å². The van der Waals surface area contributed by atoms with E-state index in [9.17, 15) is 19.2 Å². The largest absolute Gasteiger partial charge is 0.380 e. The van der Waals surface area contributed by atoms with Crippen molar-refractivity contribution in [1.82, 2.24) is 15.5 Å².